The zero-order valence-electron chi connectivity index (χ0n) is 19.7. The van der Waals surface area contributed by atoms with Crippen LogP contribution in [0.25, 0.3) is 0 Å². The molecule has 0 unspecified atom stereocenters. The first-order valence-corrected chi connectivity index (χ1v) is 12.5. The molecule has 3 rings (SSSR count). The van der Waals surface area contributed by atoms with E-state index in [2.05, 4.69) is 15.8 Å². The van der Waals surface area contributed by atoms with Crippen molar-refractivity contribution in [1.82, 2.24) is 9.71 Å². The number of hydrogen-bond donors (Lipinski definition) is 1. The number of aryl methyl sites for hydroxylation is 2. The zero-order valence-corrected chi connectivity index (χ0v) is 20.5. The third-order valence-electron chi connectivity index (χ3n) is 5.61. The Morgan fingerprint density at radius 3 is 2.35 bits per heavy atom. The number of nitriles is 1. The Labute approximate surface area is 199 Å². The quantitative estimate of drug-likeness (QED) is 0.620. The summed E-state index contributed by atoms with van der Waals surface area (Å²) in [6.45, 7) is 7.84. The lowest BCUT2D eigenvalue weighted by molar-refractivity contribution is -0.123. The summed E-state index contributed by atoms with van der Waals surface area (Å²) in [6.07, 6.45) is 0.507. The number of esters is 1. The van der Waals surface area contributed by atoms with Gasteiger partial charge in [-0.15, -0.1) is 0 Å². The number of ether oxygens (including phenoxy) is 1. The van der Waals surface area contributed by atoms with Gasteiger partial charge in [-0.2, -0.15) is 5.26 Å². The van der Waals surface area contributed by atoms with Gasteiger partial charge in [0.15, 0.2) is 0 Å². The fourth-order valence-corrected chi connectivity index (χ4v) is 4.79. The molecule has 1 aromatic heterocycles. The van der Waals surface area contributed by atoms with E-state index in [0.717, 1.165) is 5.56 Å². The molecule has 0 bridgehead atoms. The molecule has 1 aromatic carbocycles. The van der Waals surface area contributed by atoms with Crippen molar-refractivity contribution in [1.29, 1.82) is 5.26 Å². The van der Waals surface area contributed by atoms with Gasteiger partial charge in [0.2, 0.25) is 5.91 Å². The highest BCUT2D eigenvalue weighted by Gasteiger charge is 2.30. The summed E-state index contributed by atoms with van der Waals surface area (Å²) in [5, 5.41) is 9.62. The highest BCUT2D eigenvalue weighted by atomic mass is 32.2. The molecule has 9 nitrogen and oxygen atoms in total. The number of amides is 1. The van der Waals surface area contributed by atoms with Crippen LogP contribution >= 0.6 is 0 Å². The molecule has 1 saturated heterocycles. The number of sulfonamides is 1. The molecule has 1 aliphatic rings. The molecule has 2 heterocycles. The molecule has 1 N–H and O–H groups in total. The summed E-state index contributed by atoms with van der Waals surface area (Å²) >= 11 is 0. The van der Waals surface area contributed by atoms with E-state index in [-0.39, 0.29) is 22.1 Å². The van der Waals surface area contributed by atoms with Crippen molar-refractivity contribution in [3.8, 4) is 6.07 Å². The van der Waals surface area contributed by atoms with Crippen molar-refractivity contribution >= 4 is 27.7 Å². The van der Waals surface area contributed by atoms with E-state index in [0.29, 0.717) is 37.4 Å². The van der Waals surface area contributed by atoms with Gasteiger partial charge in [0.25, 0.3) is 10.0 Å². The summed E-state index contributed by atoms with van der Waals surface area (Å²) < 4.78 is 32.5. The number of carbonyl (C=O) groups is 2. The second-order valence-electron chi connectivity index (χ2n) is 8.60. The number of hydrogen-bond acceptors (Lipinski definition) is 8. The summed E-state index contributed by atoms with van der Waals surface area (Å²) in [5.74, 6) is -1.12. The van der Waals surface area contributed by atoms with E-state index in [9.17, 15) is 23.3 Å². The zero-order chi connectivity index (χ0) is 25.0. The lowest BCUT2D eigenvalue weighted by Crippen LogP contribution is -2.42. The van der Waals surface area contributed by atoms with Crippen LogP contribution in [-0.2, 0) is 19.6 Å². The van der Waals surface area contributed by atoms with Crippen LogP contribution in [-0.4, -0.2) is 44.5 Å². The number of carbonyl (C=O) groups excluding carboxylic acids is 2. The Morgan fingerprint density at radius 1 is 1.18 bits per heavy atom. The lowest BCUT2D eigenvalue weighted by Gasteiger charge is -2.32. The van der Waals surface area contributed by atoms with E-state index < -0.39 is 27.8 Å². The van der Waals surface area contributed by atoms with Gasteiger partial charge in [0.1, 0.15) is 11.9 Å². The monoisotopic (exact) mass is 484 g/mol. The van der Waals surface area contributed by atoms with Crippen molar-refractivity contribution in [3.05, 3.63) is 52.7 Å². The van der Waals surface area contributed by atoms with E-state index in [4.69, 9.17) is 4.74 Å². The molecule has 0 aliphatic carbocycles. The molecule has 1 aliphatic heterocycles. The Bertz CT molecular complexity index is 1230. The van der Waals surface area contributed by atoms with Crippen LogP contribution in [0.2, 0.25) is 0 Å². The van der Waals surface area contributed by atoms with Gasteiger partial charge >= 0.3 is 5.97 Å². The fraction of sp³-hybridized carbons (Fsp3) is 0.417. The third kappa shape index (κ3) is 5.72. The fourth-order valence-electron chi connectivity index (χ4n) is 3.75. The molecule has 180 valence electrons. The Kier molecular flexibility index (Phi) is 7.57. The minimum atomic E-state index is -3.94. The van der Waals surface area contributed by atoms with Crippen LogP contribution in [0.4, 0.5) is 5.82 Å². The van der Waals surface area contributed by atoms with Crippen molar-refractivity contribution in [2.24, 2.45) is 5.92 Å². The largest absolute Gasteiger partial charge is 0.459 e. The van der Waals surface area contributed by atoms with E-state index in [1.54, 1.807) is 32.9 Å². The van der Waals surface area contributed by atoms with Crippen LogP contribution in [0.15, 0.2) is 35.2 Å². The molecule has 0 spiro atoms. The molecule has 0 saturated carbocycles. The lowest BCUT2D eigenvalue weighted by atomic mass is 9.96. The van der Waals surface area contributed by atoms with Crippen molar-refractivity contribution in [2.45, 2.75) is 51.5 Å². The predicted molar refractivity (Wildman–Crippen MR) is 126 cm³/mol. The molecule has 2 aromatic rings. The van der Waals surface area contributed by atoms with Crippen LogP contribution in [0.3, 0.4) is 0 Å². The molecule has 1 fully saturated rings. The van der Waals surface area contributed by atoms with Gasteiger partial charge in [-0.1, -0.05) is 17.7 Å². The molecular formula is C24H28N4O5S. The van der Waals surface area contributed by atoms with E-state index >= 15 is 0 Å². The van der Waals surface area contributed by atoms with Gasteiger partial charge in [-0.05, 0) is 58.7 Å². The molecular weight excluding hydrogens is 456 g/mol. The smallest absolute Gasteiger partial charge is 0.340 e. The first-order valence-electron chi connectivity index (χ1n) is 11.0. The van der Waals surface area contributed by atoms with Crippen molar-refractivity contribution in [3.63, 3.8) is 0 Å². The maximum absolute atomic E-state index is 12.7. The number of pyridine rings is 1. The molecule has 1 amide bonds. The number of nitrogens with zero attached hydrogens (tertiary/aromatic N) is 3. The molecule has 0 atom stereocenters. The average Bonchev–Trinajstić information content (AvgIpc) is 2.78. The molecule has 10 heteroatoms. The van der Waals surface area contributed by atoms with Crippen molar-refractivity contribution < 1.29 is 22.7 Å². The Morgan fingerprint density at radius 2 is 1.79 bits per heavy atom. The summed E-state index contributed by atoms with van der Waals surface area (Å²) in [6, 6.07) is 9.84. The number of aromatic nitrogens is 1. The molecule has 34 heavy (non-hydrogen) atoms. The maximum atomic E-state index is 12.7. The SMILES string of the molecule is Cc1ccc(S(=O)(=O)NC(=O)C2CCN(c3nc(C)c(C(=O)OC(C)C)cc3C#N)CC2)cc1. The summed E-state index contributed by atoms with van der Waals surface area (Å²) in [7, 11) is -3.94. The third-order valence-corrected chi connectivity index (χ3v) is 6.97. The average molecular weight is 485 g/mol. The van der Waals surface area contributed by atoms with Crippen LogP contribution in [0.5, 0.6) is 0 Å². The summed E-state index contributed by atoms with van der Waals surface area (Å²) in [5.41, 5.74) is 1.85. The van der Waals surface area contributed by atoms with Crippen molar-refractivity contribution in [2.75, 3.05) is 18.0 Å². The van der Waals surface area contributed by atoms with Gasteiger partial charge in [-0.25, -0.2) is 22.9 Å². The van der Waals surface area contributed by atoms with Gasteiger partial charge in [0, 0.05) is 19.0 Å². The predicted octanol–water partition coefficient (Wildman–Crippen LogP) is 2.86. The summed E-state index contributed by atoms with van der Waals surface area (Å²) in [4.78, 5) is 31.4. The first kappa shape index (κ1) is 25.2. The Balaban J connectivity index is 1.69. The van der Waals surface area contributed by atoms with Crippen LogP contribution in [0.1, 0.15) is 53.9 Å². The number of benzene rings is 1. The normalized spacial score (nSPS) is 14.5. The highest BCUT2D eigenvalue weighted by molar-refractivity contribution is 7.90. The minimum Gasteiger partial charge on any atom is -0.459 e. The Hall–Kier alpha value is -3.45. The van der Waals surface area contributed by atoms with Gasteiger partial charge in [0.05, 0.1) is 27.8 Å². The second-order valence-corrected chi connectivity index (χ2v) is 10.3. The van der Waals surface area contributed by atoms with Crippen LogP contribution in [0, 0.1) is 31.1 Å². The number of rotatable bonds is 6. The van der Waals surface area contributed by atoms with E-state index in [1.165, 1.54) is 18.2 Å². The highest BCUT2D eigenvalue weighted by Crippen LogP contribution is 2.27. The topological polar surface area (TPSA) is 129 Å². The number of piperidine rings is 1. The standard InChI is InChI=1S/C24H28N4O5S/c1-15(2)33-24(30)21-13-19(14-25)22(26-17(21)4)28-11-9-18(10-12-28)23(29)27-34(31,32)20-7-5-16(3)6-8-20/h5-8,13,15,18H,9-12H2,1-4H3,(H,27,29). The first-order chi connectivity index (χ1) is 16.0. The van der Waals surface area contributed by atoms with Crippen LogP contribution < -0.4 is 9.62 Å². The van der Waals surface area contributed by atoms with Gasteiger partial charge in [-0.3, -0.25) is 4.79 Å². The van der Waals surface area contributed by atoms with Gasteiger partial charge < -0.3 is 9.64 Å². The number of anilines is 1. The molecule has 0 radical (unpaired) electrons. The number of nitrogens with one attached hydrogen (secondary N) is 1. The van der Waals surface area contributed by atoms with E-state index in [1.807, 2.05) is 11.8 Å². The maximum Gasteiger partial charge on any atom is 0.340 e. The second kappa shape index (κ2) is 10.2. The minimum absolute atomic E-state index is 0.0401.